The Balaban J connectivity index is 2.88. The van der Waals surface area contributed by atoms with Gasteiger partial charge in [0.15, 0.2) is 0 Å². The monoisotopic (exact) mass is 329 g/mol. The largest absolute Gasteiger partial charge is 0.466 e. The lowest BCUT2D eigenvalue weighted by Crippen LogP contribution is -2.35. The molecule has 1 aromatic rings. The second-order valence-corrected chi connectivity index (χ2v) is 6.70. The smallest absolute Gasteiger partial charge is 0.307 e. The van der Waals surface area contributed by atoms with Crippen molar-refractivity contribution in [3.8, 4) is 0 Å². The van der Waals surface area contributed by atoms with Gasteiger partial charge in [0.25, 0.3) is 0 Å². The molecule has 1 rings (SSSR count). The zero-order chi connectivity index (χ0) is 16.6. The lowest BCUT2D eigenvalue weighted by atomic mass is 10.2. The van der Waals surface area contributed by atoms with Crippen LogP contribution >= 0.6 is 0 Å². The van der Waals surface area contributed by atoms with E-state index in [4.69, 9.17) is 9.47 Å². The van der Waals surface area contributed by atoms with Crippen LogP contribution in [0.4, 0.5) is 0 Å². The van der Waals surface area contributed by atoms with Crippen molar-refractivity contribution in [1.82, 2.24) is 4.31 Å². The van der Waals surface area contributed by atoms with E-state index in [9.17, 15) is 13.2 Å². The highest BCUT2D eigenvalue weighted by atomic mass is 32.2. The number of hydrogen-bond acceptors (Lipinski definition) is 5. The zero-order valence-corrected chi connectivity index (χ0v) is 14.1. The number of benzene rings is 1. The van der Waals surface area contributed by atoms with E-state index in [2.05, 4.69) is 0 Å². The van der Waals surface area contributed by atoms with Crippen LogP contribution in [0.15, 0.2) is 29.2 Å². The summed E-state index contributed by atoms with van der Waals surface area (Å²) in [6.45, 7) is 4.39. The number of esters is 1. The van der Waals surface area contributed by atoms with Crippen LogP contribution in [-0.4, -0.2) is 52.1 Å². The minimum absolute atomic E-state index is 0.0165. The van der Waals surface area contributed by atoms with Crippen molar-refractivity contribution < 1.29 is 22.7 Å². The summed E-state index contributed by atoms with van der Waals surface area (Å²) in [7, 11) is -2.15. The van der Waals surface area contributed by atoms with E-state index < -0.39 is 16.0 Å². The molecule has 22 heavy (non-hydrogen) atoms. The van der Waals surface area contributed by atoms with Gasteiger partial charge in [0.05, 0.1) is 24.5 Å². The van der Waals surface area contributed by atoms with Gasteiger partial charge in [-0.3, -0.25) is 4.79 Å². The first kappa shape index (κ1) is 18.6. The normalized spacial score (nSPS) is 11.6. The van der Waals surface area contributed by atoms with Crippen molar-refractivity contribution in [2.75, 3.05) is 33.4 Å². The predicted octanol–water partition coefficient (Wildman–Crippen LogP) is 1.59. The van der Waals surface area contributed by atoms with Gasteiger partial charge < -0.3 is 9.47 Å². The summed E-state index contributed by atoms with van der Waals surface area (Å²) in [6, 6.07) is 6.61. The van der Waals surface area contributed by atoms with Gasteiger partial charge in [-0.15, -0.1) is 0 Å². The molecule has 0 aliphatic rings. The Morgan fingerprint density at radius 2 is 1.82 bits per heavy atom. The van der Waals surface area contributed by atoms with Crippen molar-refractivity contribution in [3.63, 3.8) is 0 Å². The number of rotatable bonds is 9. The average molecular weight is 329 g/mol. The lowest BCUT2D eigenvalue weighted by molar-refractivity contribution is -0.143. The van der Waals surface area contributed by atoms with E-state index in [0.29, 0.717) is 0 Å². The molecule has 0 saturated heterocycles. The first-order valence-corrected chi connectivity index (χ1v) is 8.57. The minimum Gasteiger partial charge on any atom is -0.466 e. The molecule has 0 bridgehead atoms. The minimum atomic E-state index is -3.66. The van der Waals surface area contributed by atoms with Crippen LogP contribution in [0.3, 0.4) is 0 Å². The standard InChI is InChI=1S/C15H23NO5S/c1-4-21-15(17)9-10-16(11-12-20-3)22(18,19)14-7-5-13(2)6-8-14/h5-8H,4,9-12H2,1-3H3. The second-order valence-electron chi connectivity index (χ2n) is 4.76. The first-order valence-electron chi connectivity index (χ1n) is 7.13. The highest BCUT2D eigenvalue weighted by molar-refractivity contribution is 7.89. The highest BCUT2D eigenvalue weighted by Crippen LogP contribution is 2.16. The van der Waals surface area contributed by atoms with Gasteiger partial charge in [-0.05, 0) is 26.0 Å². The Bertz CT molecular complexity index is 568. The highest BCUT2D eigenvalue weighted by Gasteiger charge is 2.24. The fourth-order valence-corrected chi connectivity index (χ4v) is 3.28. The van der Waals surface area contributed by atoms with Gasteiger partial charge in [0.1, 0.15) is 0 Å². The summed E-state index contributed by atoms with van der Waals surface area (Å²) in [5.74, 6) is -0.413. The van der Waals surface area contributed by atoms with Gasteiger partial charge in [-0.2, -0.15) is 4.31 Å². The third kappa shape index (κ3) is 5.40. The van der Waals surface area contributed by atoms with Crippen LogP contribution in [0.2, 0.25) is 0 Å². The molecule has 6 nitrogen and oxygen atoms in total. The maximum absolute atomic E-state index is 12.6. The number of aryl methyl sites for hydroxylation is 1. The molecule has 124 valence electrons. The number of hydrogen-bond donors (Lipinski definition) is 0. The van der Waals surface area contributed by atoms with E-state index >= 15 is 0 Å². The average Bonchev–Trinajstić information content (AvgIpc) is 2.47. The Labute approximate surface area is 132 Å². The number of nitrogens with zero attached hydrogens (tertiary/aromatic N) is 1. The quantitative estimate of drug-likeness (QED) is 0.643. The van der Waals surface area contributed by atoms with E-state index in [1.807, 2.05) is 6.92 Å². The van der Waals surface area contributed by atoms with E-state index in [0.717, 1.165) is 5.56 Å². The predicted molar refractivity (Wildman–Crippen MR) is 83.1 cm³/mol. The number of carbonyl (C=O) groups excluding carboxylic acids is 1. The molecule has 0 aliphatic heterocycles. The molecule has 0 amide bonds. The van der Waals surface area contributed by atoms with Gasteiger partial charge in [0, 0.05) is 20.2 Å². The van der Waals surface area contributed by atoms with E-state index in [1.165, 1.54) is 11.4 Å². The summed E-state index contributed by atoms with van der Waals surface area (Å²) in [5.41, 5.74) is 0.980. The number of sulfonamides is 1. The second kappa shape index (κ2) is 8.87. The molecule has 0 aromatic heterocycles. The summed E-state index contributed by atoms with van der Waals surface area (Å²) < 4.78 is 36.3. The first-order chi connectivity index (χ1) is 10.4. The molecule has 0 saturated carbocycles. The fourth-order valence-electron chi connectivity index (χ4n) is 1.85. The van der Waals surface area contributed by atoms with Crippen LogP contribution in [0.25, 0.3) is 0 Å². The topological polar surface area (TPSA) is 72.9 Å². The summed E-state index contributed by atoms with van der Waals surface area (Å²) >= 11 is 0. The molecule has 0 unspecified atom stereocenters. The molecule has 0 atom stereocenters. The Kier molecular flexibility index (Phi) is 7.50. The molecular weight excluding hydrogens is 306 g/mol. The van der Waals surface area contributed by atoms with Crippen molar-refractivity contribution in [1.29, 1.82) is 0 Å². The molecule has 0 radical (unpaired) electrons. The van der Waals surface area contributed by atoms with Crippen LogP contribution in [0, 0.1) is 6.92 Å². The van der Waals surface area contributed by atoms with Crippen LogP contribution in [-0.2, 0) is 24.3 Å². The maximum atomic E-state index is 12.6. The van der Waals surface area contributed by atoms with Crippen molar-refractivity contribution >= 4 is 16.0 Å². The molecule has 1 aromatic carbocycles. The third-order valence-corrected chi connectivity index (χ3v) is 4.99. The fraction of sp³-hybridized carbons (Fsp3) is 0.533. The van der Waals surface area contributed by atoms with Crippen LogP contribution in [0.1, 0.15) is 18.9 Å². The molecular formula is C15H23NO5S. The molecule has 7 heteroatoms. The Morgan fingerprint density at radius 1 is 1.18 bits per heavy atom. The van der Waals surface area contributed by atoms with Crippen LogP contribution in [0.5, 0.6) is 0 Å². The zero-order valence-electron chi connectivity index (χ0n) is 13.2. The lowest BCUT2D eigenvalue weighted by Gasteiger charge is -2.21. The van der Waals surface area contributed by atoms with Crippen LogP contribution < -0.4 is 0 Å². The summed E-state index contributed by atoms with van der Waals surface area (Å²) in [5, 5.41) is 0. The van der Waals surface area contributed by atoms with Gasteiger partial charge in [-0.1, -0.05) is 17.7 Å². The molecule has 0 heterocycles. The molecule has 0 aliphatic carbocycles. The molecule has 0 N–H and O–H groups in total. The Morgan fingerprint density at radius 3 is 2.36 bits per heavy atom. The van der Waals surface area contributed by atoms with Crippen molar-refractivity contribution in [2.24, 2.45) is 0 Å². The van der Waals surface area contributed by atoms with Gasteiger partial charge in [-0.25, -0.2) is 8.42 Å². The van der Waals surface area contributed by atoms with Crippen molar-refractivity contribution in [3.05, 3.63) is 29.8 Å². The van der Waals surface area contributed by atoms with Gasteiger partial charge in [0.2, 0.25) is 10.0 Å². The van der Waals surface area contributed by atoms with E-state index in [-0.39, 0.29) is 37.6 Å². The SMILES string of the molecule is CCOC(=O)CCN(CCOC)S(=O)(=O)c1ccc(C)cc1. The van der Waals surface area contributed by atoms with Crippen molar-refractivity contribution in [2.45, 2.75) is 25.2 Å². The number of carbonyl (C=O) groups is 1. The third-order valence-electron chi connectivity index (χ3n) is 3.07. The molecule has 0 fully saturated rings. The van der Waals surface area contributed by atoms with E-state index in [1.54, 1.807) is 31.2 Å². The summed E-state index contributed by atoms with van der Waals surface area (Å²) in [4.78, 5) is 11.7. The number of ether oxygens (including phenoxy) is 2. The summed E-state index contributed by atoms with van der Waals surface area (Å²) in [6.07, 6.45) is 0.0165. The van der Waals surface area contributed by atoms with Gasteiger partial charge >= 0.3 is 5.97 Å². The maximum Gasteiger partial charge on any atom is 0.307 e. The molecule has 0 spiro atoms. The Hall–Kier alpha value is -1.44. The number of methoxy groups -OCH3 is 1.